The first kappa shape index (κ1) is 19.4. The van der Waals surface area contributed by atoms with Crippen LogP contribution in [0.1, 0.15) is 69.7 Å². The van der Waals surface area contributed by atoms with Crippen molar-refractivity contribution >= 4 is 15.9 Å². The van der Waals surface area contributed by atoms with Crippen LogP contribution in [0.15, 0.2) is 10.6 Å². The quantitative estimate of drug-likeness (QED) is 0.814. The van der Waals surface area contributed by atoms with Crippen LogP contribution in [0.25, 0.3) is 0 Å². The molecule has 1 aromatic rings. The number of hydrogen-bond acceptors (Lipinski definition) is 5. The number of rotatable bonds is 6. The van der Waals surface area contributed by atoms with E-state index in [1.807, 2.05) is 13.8 Å². The van der Waals surface area contributed by atoms with Gasteiger partial charge in [0, 0.05) is 25.1 Å². The summed E-state index contributed by atoms with van der Waals surface area (Å²) in [5.41, 5.74) is 0.810. The Kier molecular flexibility index (Phi) is 6.02. The van der Waals surface area contributed by atoms with E-state index in [0.717, 1.165) is 37.8 Å². The predicted octanol–water partition coefficient (Wildman–Crippen LogP) is 2.40. The highest BCUT2D eigenvalue weighted by Gasteiger charge is 2.35. The number of nitrogens with zero attached hydrogens (tertiary/aromatic N) is 2. The average Bonchev–Trinajstić information content (AvgIpc) is 3.31. The minimum Gasteiger partial charge on any atom is -0.360 e. The highest BCUT2D eigenvalue weighted by molar-refractivity contribution is 7.90. The van der Waals surface area contributed by atoms with Crippen LogP contribution < -0.4 is 4.72 Å². The van der Waals surface area contributed by atoms with Crippen molar-refractivity contribution in [1.82, 2.24) is 14.8 Å². The Morgan fingerprint density at radius 2 is 2.04 bits per heavy atom. The summed E-state index contributed by atoms with van der Waals surface area (Å²) < 4.78 is 33.2. The topological polar surface area (TPSA) is 92.5 Å². The zero-order chi connectivity index (χ0) is 18.7. The smallest absolute Gasteiger partial charge is 0.225 e. The lowest BCUT2D eigenvalue weighted by Gasteiger charge is -2.34. The van der Waals surface area contributed by atoms with Crippen molar-refractivity contribution in [3.8, 4) is 0 Å². The zero-order valence-corrected chi connectivity index (χ0v) is 16.4. The molecule has 146 valence electrons. The van der Waals surface area contributed by atoms with Gasteiger partial charge in [0.05, 0.1) is 17.5 Å². The number of carbonyl (C=O) groups is 1. The van der Waals surface area contributed by atoms with E-state index in [4.69, 9.17) is 4.52 Å². The highest BCUT2D eigenvalue weighted by atomic mass is 32.2. The van der Waals surface area contributed by atoms with E-state index in [2.05, 4.69) is 9.88 Å². The molecule has 8 heteroatoms. The maximum absolute atomic E-state index is 12.7. The standard InChI is InChI=1S/C18H29N3O4S/c1-13(2)17-10-15(25-20-17)11-19-26(23,24)16-8-5-9-21(12-16)18(22)14-6-3-4-7-14/h10,13-14,16,19H,3-9,11-12H2,1-2H3/t16-/m0/s1. The van der Waals surface area contributed by atoms with Crippen molar-refractivity contribution < 1.29 is 17.7 Å². The van der Waals surface area contributed by atoms with Crippen molar-refractivity contribution in [2.45, 2.75) is 70.1 Å². The van der Waals surface area contributed by atoms with Gasteiger partial charge in [-0.2, -0.15) is 0 Å². The van der Waals surface area contributed by atoms with Gasteiger partial charge >= 0.3 is 0 Å². The average molecular weight is 384 g/mol. The summed E-state index contributed by atoms with van der Waals surface area (Å²) in [5.74, 6) is 0.969. The van der Waals surface area contributed by atoms with E-state index in [0.29, 0.717) is 18.7 Å². The molecule has 1 aliphatic carbocycles. The molecule has 1 amide bonds. The molecule has 0 spiro atoms. The maximum atomic E-state index is 12.7. The molecule has 3 rings (SSSR count). The number of piperidine rings is 1. The van der Waals surface area contributed by atoms with Crippen LogP contribution in [-0.2, 0) is 21.4 Å². The van der Waals surface area contributed by atoms with Crippen LogP contribution in [0.2, 0.25) is 0 Å². The van der Waals surface area contributed by atoms with Crippen molar-refractivity contribution in [1.29, 1.82) is 0 Å². The Hall–Kier alpha value is -1.41. The fraction of sp³-hybridized carbons (Fsp3) is 0.778. The molecule has 26 heavy (non-hydrogen) atoms. The zero-order valence-electron chi connectivity index (χ0n) is 15.6. The summed E-state index contributed by atoms with van der Waals surface area (Å²) in [6, 6.07) is 1.78. The lowest BCUT2D eigenvalue weighted by Crippen LogP contribution is -2.49. The van der Waals surface area contributed by atoms with Gasteiger partial charge in [-0.3, -0.25) is 4.79 Å². The Morgan fingerprint density at radius 3 is 2.69 bits per heavy atom. The first-order chi connectivity index (χ1) is 12.4. The SMILES string of the molecule is CC(C)c1cc(CNS(=O)(=O)[C@H]2CCCN(C(=O)C3CCCC3)C2)on1. The van der Waals surface area contributed by atoms with Crippen LogP contribution >= 0.6 is 0 Å². The van der Waals surface area contributed by atoms with Gasteiger partial charge in [-0.15, -0.1) is 0 Å². The summed E-state index contributed by atoms with van der Waals surface area (Å²) >= 11 is 0. The van der Waals surface area contributed by atoms with Crippen LogP contribution in [0, 0.1) is 5.92 Å². The summed E-state index contributed by atoms with van der Waals surface area (Å²) in [6.07, 6.45) is 5.39. The monoisotopic (exact) mass is 383 g/mol. The van der Waals surface area contributed by atoms with Crippen LogP contribution in [0.5, 0.6) is 0 Å². The van der Waals surface area contributed by atoms with Gasteiger partial charge < -0.3 is 9.42 Å². The van der Waals surface area contributed by atoms with Crippen LogP contribution in [-0.4, -0.2) is 42.7 Å². The summed E-state index contributed by atoms with van der Waals surface area (Å²) in [6.45, 7) is 5.06. The number of hydrogen-bond donors (Lipinski definition) is 1. The van der Waals surface area contributed by atoms with Crippen molar-refractivity contribution in [2.75, 3.05) is 13.1 Å². The Balaban J connectivity index is 1.58. The minimum absolute atomic E-state index is 0.0908. The van der Waals surface area contributed by atoms with E-state index >= 15 is 0 Å². The number of carbonyl (C=O) groups excluding carboxylic acids is 1. The number of aromatic nitrogens is 1. The van der Waals surface area contributed by atoms with E-state index in [1.54, 1.807) is 11.0 Å². The van der Waals surface area contributed by atoms with E-state index < -0.39 is 15.3 Å². The Morgan fingerprint density at radius 1 is 1.31 bits per heavy atom. The van der Waals surface area contributed by atoms with Crippen molar-refractivity contribution in [2.24, 2.45) is 5.92 Å². The molecule has 2 heterocycles. The molecule has 0 radical (unpaired) electrons. The second kappa shape index (κ2) is 8.08. The fourth-order valence-corrected chi connectivity index (χ4v) is 5.23. The molecule has 1 aromatic heterocycles. The summed E-state index contributed by atoms with van der Waals surface area (Å²) in [4.78, 5) is 14.4. The normalized spacial score (nSPS) is 22.3. The predicted molar refractivity (Wildman–Crippen MR) is 97.9 cm³/mol. The van der Waals surface area contributed by atoms with Gasteiger partial charge in [-0.25, -0.2) is 13.1 Å². The lowest BCUT2D eigenvalue weighted by molar-refractivity contribution is -0.136. The molecule has 2 aliphatic rings. The third kappa shape index (κ3) is 4.46. The first-order valence-corrected chi connectivity index (χ1v) is 11.1. The molecule has 1 aliphatic heterocycles. The number of amides is 1. The largest absolute Gasteiger partial charge is 0.360 e. The molecule has 0 unspecified atom stereocenters. The summed E-state index contributed by atoms with van der Waals surface area (Å²) in [7, 11) is -3.51. The first-order valence-electron chi connectivity index (χ1n) is 9.59. The minimum atomic E-state index is -3.51. The van der Waals surface area contributed by atoms with Crippen molar-refractivity contribution in [3.63, 3.8) is 0 Å². The molecule has 0 aromatic carbocycles. The highest BCUT2D eigenvalue weighted by Crippen LogP contribution is 2.28. The number of sulfonamides is 1. The molecule has 2 fully saturated rings. The number of likely N-dealkylation sites (tertiary alicyclic amines) is 1. The summed E-state index contributed by atoms with van der Waals surface area (Å²) in [5, 5.41) is 3.38. The molecular formula is C18H29N3O4S. The fourth-order valence-electron chi connectivity index (χ4n) is 3.80. The van der Waals surface area contributed by atoms with Gasteiger partial charge in [-0.05, 0) is 31.6 Å². The van der Waals surface area contributed by atoms with E-state index in [-0.39, 0.29) is 30.8 Å². The lowest BCUT2D eigenvalue weighted by atomic mass is 10.0. The molecule has 0 bridgehead atoms. The van der Waals surface area contributed by atoms with Gasteiger partial charge in [0.2, 0.25) is 15.9 Å². The molecule has 1 atom stereocenters. The van der Waals surface area contributed by atoms with Gasteiger partial charge in [0.25, 0.3) is 0 Å². The van der Waals surface area contributed by atoms with Crippen LogP contribution in [0.3, 0.4) is 0 Å². The van der Waals surface area contributed by atoms with E-state index in [9.17, 15) is 13.2 Å². The molecule has 7 nitrogen and oxygen atoms in total. The van der Waals surface area contributed by atoms with Crippen molar-refractivity contribution in [3.05, 3.63) is 17.5 Å². The van der Waals surface area contributed by atoms with Gasteiger partial charge in [0.1, 0.15) is 0 Å². The van der Waals surface area contributed by atoms with Crippen LogP contribution in [0.4, 0.5) is 0 Å². The third-order valence-corrected chi connectivity index (χ3v) is 7.26. The Bertz CT molecular complexity index is 723. The molecular weight excluding hydrogens is 354 g/mol. The Labute approximate surface area is 155 Å². The van der Waals surface area contributed by atoms with Gasteiger partial charge in [-0.1, -0.05) is 31.8 Å². The second-order valence-electron chi connectivity index (χ2n) is 7.77. The second-order valence-corrected chi connectivity index (χ2v) is 9.81. The number of nitrogens with one attached hydrogen (secondary N) is 1. The van der Waals surface area contributed by atoms with E-state index in [1.165, 1.54) is 0 Å². The maximum Gasteiger partial charge on any atom is 0.225 e. The molecule has 1 N–H and O–H groups in total. The molecule has 1 saturated carbocycles. The molecule has 1 saturated heterocycles. The third-order valence-electron chi connectivity index (χ3n) is 5.45. The van der Waals surface area contributed by atoms with Gasteiger partial charge in [0.15, 0.2) is 5.76 Å².